The van der Waals surface area contributed by atoms with Gasteiger partial charge in [0.2, 0.25) is 0 Å². The van der Waals surface area contributed by atoms with Gasteiger partial charge in [-0.05, 0) is 44.7 Å². The molecule has 1 unspecified atom stereocenters. The summed E-state index contributed by atoms with van der Waals surface area (Å²) in [6.07, 6.45) is 0.968. The zero-order chi connectivity index (χ0) is 12.7. The van der Waals surface area contributed by atoms with Gasteiger partial charge in [-0.15, -0.1) is 11.8 Å². The molecule has 0 aliphatic heterocycles. The number of benzene rings is 1. The van der Waals surface area contributed by atoms with E-state index in [2.05, 4.69) is 50.4 Å². The van der Waals surface area contributed by atoms with Gasteiger partial charge in [0.15, 0.2) is 0 Å². The van der Waals surface area contributed by atoms with Crippen molar-refractivity contribution in [3.8, 4) is 0 Å². The lowest BCUT2D eigenvalue weighted by molar-refractivity contribution is 0.173. The van der Waals surface area contributed by atoms with E-state index in [9.17, 15) is 5.11 Å². The Morgan fingerprint density at radius 3 is 2.76 bits per heavy atom. The van der Waals surface area contributed by atoms with Gasteiger partial charge in [0.1, 0.15) is 0 Å². The minimum atomic E-state index is -0.147. The molecule has 0 aliphatic carbocycles. The van der Waals surface area contributed by atoms with Gasteiger partial charge in [0.05, 0.1) is 6.61 Å². The average molecular weight is 253 g/mol. The quantitative estimate of drug-likeness (QED) is 0.733. The summed E-state index contributed by atoms with van der Waals surface area (Å²) < 4.78 is 0. The maximum absolute atomic E-state index is 9.39. The van der Waals surface area contributed by atoms with Crippen LogP contribution in [-0.2, 0) is 0 Å². The van der Waals surface area contributed by atoms with Crippen LogP contribution in [0.4, 0.5) is 0 Å². The maximum atomic E-state index is 9.39. The Morgan fingerprint density at radius 1 is 1.41 bits per heavy atom. The van der Waals surface area contributed by atoms with Gasteiger partial charge in [-0.25, -0.2) is 0 Å². The largest absolute Gasteiger partial charge is 0.394 e. The van der Waals surface area contributed by atoms with E-state index in [0.717, 1.165) is 18.7 Å². The lowest BCUT2D eigenvalue weighted by Gasteiger charge is -2.28. The summed E-state index contributed by atoms with van der Waals surface area (Å²) in [7, 11) is 0. The molecule has 0 aliphatic rings. The highest BCUT2D eigenvalue weighted by Gasteiger charge is 2.21. The predicted octanol–water partition coefficient (Wildman–Crippen LogP) is 2.84. The number of nitrogens with one attached hydrogen (secondary N) is 1. The van der Waals surface area contributed by atoms with Crippen LogP contribution in [0.25, 0.3) is 0 Å². The van der Waals surface area contributed by atoms with Gasteiger partial charge in [0, 0.05) is 10.4 Å². The van der Waals surface area contributed by atoms with E-state index >= 15 is 0 Å². The molecule has 0 spiro atoms. The number of hydrogen-bond acceptors (Lipinski definition) is 3. The van der Waals surface area contributed by atoms with E-state index < -0.39 is 0 Å². The summed E-state index contributed by atoms with van der Waals surface area (Å²) in [6.45, 7) is 7.34. The molecule has 0 saturated heterocycles. The molecular weight excluding hydrogens is 230 g/mol. The molecule has 17 heavy (non-hydrogen) atoms. The van der Waals surface area contributed by atoms with Crippen molar-refractivity contribution in [2.24, 2.45) is 0 Å². The first-order valence-corrected chi connectivity index (χ1v) is 7.13. The predicted molar refractivity (Wildman–Crippen MR) is 75.7 cm³/mol. The Morgan fingerprint density at radius 2 is 2.18 bits per heavy atom. The van der Waals surface area contributed by atoms with Gasteiger partial charge < -0.3 is 10.4 Å². The highest BCUT2D eigenvalue weighted by Crippen LogP contribution is 2.22. The highest BCUT2D eigenvalue weighted by atomic mass is 32.2. The first kappa shape index (κ1) is 14.6. The van der Waals surface area contributed by atoms with Crippen molar-refractivity contribution < 1.29 is 5.11 Å². The van der Waals surface area contributed by atoms with Crippen molar-refractivity contribution in [3.63, 3.8) is 0 Å². The Balaban J connectivity index is 2.41. The fourth-order valence-corrected chi connectivity index (χ4v) is 2.98. The topological polar surface area (TPSA) is 32.3 Å². The number of likely N-dealkylation sites (N-methyl/N-ethyl adjacent to an activating group) is 1. The normalized spacial score (nSPS) is 14.6. The first-order chi connectivity index (χ1) is 8.09. The number of hydrogen-bond donors (Lipinski definition) is 2. The zero-order valence-corrected chi connectivity index (χ0v) is 11.8. The van der Waals surface area contributed by atoms with Crippen LogP contribution < -0.4 is 5.32 Å². The molecule has 96 valence electrons. The molecule has 0 heterocycles. The van der Waals surface area contributed by atoms with E-state index in [1.165, 1.54) is 10.5 Å². The van der Waals surface area contributed by atoms with Crippen LogP contribution >= 0.6 is 11.8 Å². The van der Waals surface area contributed by atoms with E-state index in [0.29, 0.717) is 0 Å². The monoisotopic (exact) mass is 253 g/mol. The minimum absolute atomic E-state index is 0.147. The molecule has 0 amide bonds. The molecule has 0 aromatic heterocycles. The second kappa shape index (κ2) is 7.04. The minimum Gasteiger partial charge on any atom is -0.394 e. The lowest BCUT2D eigenvalue weighted by Crippen LogP contribution is -2.46. The Labute approximate surface area is 109 Å². The Hall–Kier alpha value is -0.510. The second-order valence-corrected chi connectivity index (χ2v) is 5.83. The second-order valence-electron chi connectivity index (χ2n) is 4.66. The fraction of sp³-hybridized carbons (Fsp3) is 0.571. The summed E-state index contributed by atoms with van der Waals surface area (Å²) in [6, 6.07) is 8.54. The van der Waals surface area contributed by atoms with Crippen molar-refractivity contribution in [3.05, 3.63) is 29.8 Å². The SMILES string of the molecule is CCNC(C)(CO)CCSc1cccc(C)c1. The maximum Gasteiger partial charge on any atom is 0.0610 e. The number of aliphatic hydroxyl groups is 1. The van der Waals surface area contributed by atoms with Crippen LogP contribution in [0, 0.1) is 6.92 Å². The van der Waals surface area contributed by atoms with Crippen LogP contribution in [-0.4, -0.2) is 29.5 Å². The van der Waals surface area contributed by atoms with Crippen LogP contribution in [0.2, 0.25) is 0 Å². The Bertz CT molecular complexity index is 343. The summed E-state index contributed by atoms with van der Waals surface area (Å²) in [5, 5.41) is 12.7. The molecule has 3 heteroatoms. The molecule has 1 aromatic rings. The van der Waals surface area contributed by atoms with Crippen LogP contribution in [0.1, 0.15) is 25.8 Å². The first-order valence-electron chi connectivity index (χ1n) is 6.15. The number of aryl methyl sites for hydroxylation is 1. The van der Waals surface area contributed by atoms with Gasteiger partial charge in [-0.1, -0.05) is 24.6 Å². The fourth-order valence-electron chi connectivity index (χ4n) is 1.75. The smallest absolute Gasteiger partial charge is 0.0610 e. The third-order valence-electron chi connectivity index (χ3n) is 2.86. The molecule has 0 saturated carbocycles. The van der Waals surface area contributed by atoms with E-state index in [1.807, 2.05) is 11.8 Å². The number of rotatable bonds is 7. The molecule has 2 N–H and O–H groups in total. The van der Waals surface area contributed by atoms with Crippen molar-refractivity contribution in [1.82, 2.24) is 5.32 Å². The highest BCUT2D eigenvalue weighted by molar-refractivity contribution is 7.99. The molecule has 2 nitrogen and oxygen atoms in total. The molecule has 1 aromatic carbocycles. The van der Waals surface area contributed by atoms with Crippen molar-refractivity contribution in [1.29, 1.82) is 0 Å². The standard InChI is InChI=1S/C14H23NOS/c1-4-15-14(3,11-16)8-9-17-13-7-5-6-12(2)10-13/h5-7,10,15-16H,4,8-9,11H2,1-3H3. The Kier molecular flexibility index (Phi) is 6.03. The summed E-state index contributed by atoms with van der Waals surface area (Å²) in [4.78, 5) is 1.31. The molecule has 1 rings (SSSR count). The molecule has 0 bridgehead atoms. The number of aliphatic hydroxyl groups excluding tert-OH is 1. The van der Waals surface area contributed by atoms with Crippen LogP contribution in [0.5, 0.6) is 0 Å². The van der Waals surface area contributed by atoms with Gasteiger partial charge in [0.25, 0.3) is 0 Å². The third kappa shape index (κ3) is 5.11. The average Bonchev–Trinajstić information content (AvgIpc) is 2.29. The van der Waals surface area contributed by atoms with Gasteiger partial charge in [-0.3, -0.25) is 0 Å². The number of thioether (sulfide) groups is 1. The van der Waals surface area contributed by atoms with Crippen molar-refractivity contribution >= 4 is 11.8 Å². The van der Waals surface area contributed by atoms with Crippen LogP contribution in [0.15, 0.2) is 29.2 Å². The van der Waals surface area contributed by atoms with Gasteiger partial charge >= 0.3 is 0 Å². The van der Waals surface area contributed by atoms with E-state index in [1.54, 1.807) is 0 Å². The molecule has 1 atom stereocenters. The van der Waals surface area contributed by atoms with E-state index in [-0.39, 0.29) is 12.1 Å². The third-order valence-corrected chi connectivity index (χ3v) is 3.86. The van der Waals surface area contributed by atoms with Gasteiger partial charge in [-0.2, -0.15) is 0 Å². The summed E-state index contributed by atoms with van der Waals surface area (Å²) in [5.74, 6) is 1.02. The molecular formula is C14H23NOS. The summed E-state index contributed by atoms with van der Waals surface area (Å²) in [5.41, 5.74) is 1.15. The van der Waals surface area contributed by atoms with Crippen LogP contribution in [0.3, 0.4) is 0 Å². The zero-order valence-electron chi connectivity index (χ0n) is 11.0. The summed E-state index contributed by atoms with van der Waals surface area (Å²) >= 11 is 1.85. The lowest BCUT2D eigenvalue weighted by atomic mass is 10.0. The van der Waals surface area contributed by atoms with Crippen molar-refractivity contribution in [2.45, 2.75) is 37.6 Å². The molecule has 0 radical (unpaired) electrons. The van der Waals surface area contributed by atoms with Crippen molar-refractivity contribution in [2.75, 3.05) is 18.9 Å². The molecule has 0 fully saturated rings. The van der Waals surface area contributed by atoms with E-state index in [4.69, 9.17) is 0 Å².